The summed E-state index contributed by atoms with van der Waals surface area (Å²) in [6.45, 7) is 0.996. The van der Waals surface area contributed by atoms with Crippen molar-refractivity contribution >= 4 is 17.7 Å². The van der Waals surface area contributed by atoms with Crippen molar-refractivity contribution in [3.8, 4) is 0 Å². The van der Waals surface area contributed by atoms with Crippen molar-refractivity contribution in [3.63, 3.8) is 0 Å². The fraction of sp³-hybridized carbons (Fsp3) is 0.857. The number of carbonyl (C=O) groups is 1. The Balaban J connectivity index is 3.25. The van der Waals surface area contributed by atoms with Crippen LogP contribution >= 0.6 is 11.8 Å². The molecule has 12 heavy (non-hydrogen) atoms. The zero-order valence-corrected chi connectivity index (χ0v) is 8.43. The molecule has 4 N–H and O–H groups in total. The van der Waals surface area contributed by atoms with Gasteiger partial charge in [-0.1, -0.05) is 0 Å². The Morgan fingerprint density at radius 1 is 1.58 bits per heavy atom. The first-order valence-corrected chi connectivity index (χ1v) is 4.97. The smallest absolute Gasteiger partial charge is 0.235 e. The van der Waals surface area contributed by atoms with Gasteiger partial charge >= 0.3 is 0 Å². The average Bonchev–Trinajstić information content (AvgIpc) is 1.97. The van der Waals surface area contributed by atoms with Crippen LogP contribution in [0.5, 0.6) is 0 Å². The van der Waals surface area contributed by atoms with Crippen molar-refractivity contribution in [2.75, 3.05) is 32.1 Å². The number of thioether (sulfide) groups is 1. The summed E-state index contributed by atoms with van der Waals surface area (Å²) >= 11 is 1.65. The van der Waals surface area contributed by atoms with Crippen LogP contribution in [0.3, 0.4) is 0 Å². The molecule has 1 atom stereocenters. The van der Waals surface area contributed by atoms with E-state index in [9.17, 15) is 4.79 Å². The predicted molar refractivity (Wildman–Crippen MR) is 53.0 cm³/mol. The number of carbonyl (C=O) groups excluding carboxylic acids is 1. The molecule has 1 amide bonds. The van der Waals surface area contributed by atoms with E-state index < -0.39 is 11.9 Å². The van der Waals surface area contributed by atoms with Gasteiger partial charge < -0.3 is 16.4 Å². The standard InChI is InChI=1S/C7H17N3OS/c1-10(2)3-4-12-5-6(8)7(9)11/h6H,3-5,8H2,1-2H3,(H2,9,11). The van der Waals surface area contributed by atoms with E-state index in [0.717, 1.165) is 12.3 Å². The zero-order valence-electron chi connectivity index (χ0n) is 7.62. The number of primary amides is 1. The van der Waals surface area contributed by atoms with Gasteiger partial charge in [0.1, 0.15) is 0 Å². The van der Waals surface area contributed by atoms with Gasteiger partial charge in [0.05, 0.1) is 6.04 Å². The van der Waals surface area contributed by atoms with Gasteiger partial charge in [0.15, 0.2) is 0 Å². The minimum atomic E-state index is -0.503. The maximum absolute atomic E-state index is 10.5. The number of hydrogen-bond acceptors (Lipinski definition) is 4. The Hall–Kier alpha value is -0.260. The first kappa shape index (κ1) is 11.7. The molecule has 0 aliphatic carbocycles. The molecule has 4 nitrogen and oxygen atoms in total. The second-order valence-corrected chi connectivity index (χ2v) is 4.04. The molecule has 1 unspecified atom stereocenters. The number of nitrogens with two attached hydrogens (primary N) is 2. The summed E-state index contributed by atoms with van der Waals surface area (Å²) in [5.41, 5.74) is 10.4. The highest BCUT2D eigenvalue weighted by Gasteiger charge is 2.07. The van der Waals surface area contributed by atoms with Crippen LogP contribution in [0.25, 0.3) is 0 Å². The van der Waals surface area contributed by atoms with Crippen LogP contribution in [-0.4, -0.2) is 49.0 Å². The van der Waals surface area contributed by atoms with Gasteiger partial charge in [-0.15, -0.1) is 0 Å². The summed E-state index contributed by atoms with van der Waals surface area (Å²) in [7, 11) is 4.02. The zero-order chi connectivity index (χ0) is 9.56. The maximum atomic E-state index is 10.5. The van der Waals surface area contributed by atoms with Gasteiger partial charge in [-0.05, 0) is 14.1 Å². The van der Waals surface area contributed by atoms with Crippen LogP contribution in [-0.2, 0) is 4.79 Å². The van der Waals surface area contributed by atoms with Gasteiger partial charge in [-0.2, -0.15) is 11.8 Å². The third kappa shape index (κ3) is 6.45. The Bertz CT molecular complexity index is 141. The molecule has 0 bridgehead atoms. The number of nitrogens with zero attached hydrogens (tertiary/aromatic N) is 1. The SMILES string of the molecule is CN(C)CCSCC(N)C(N)=O. The van der Waals surface area contributed by atoms with Crippen LogP contribution < -0.4 is 11.5 Å². The van der Waals surface area contributed by atoms with Crippen LogP contribution in [0.4, 0.5) is 0 Å². The number of hydrogen-bond donors (Lipinski definition) is 2. The molecule has 72 valence electrons. The van der Waals surface area contributed by atoms with Gasteiger partial charge in [-0.3, -0.25) is 4.79 Å². The van der Waals surface area contributed by atoms with E-state index >= 15 is 0 Å². The third-order valence-corrected chi connectivity index (χ3v) is 2.41. The normalized spacial score (nSPS) is 13.3. The van der Waals surface area contributed by atoms with Crippen molar-refractivity contribution in [1.29, 1.82) is 0 Å². The molecule has 0 saturated heterocycles. The highest BCUT2D eigenvalue weighted by molar-refractivity contribution is 7.99. The second-order valence-electron chi connectivity index (χ2n) is 2.89. The first-order chi connectivity index (χ1) is 5.54. The first-order valence-electron chi connectivity index (χ1n) is 3.81. The van der Waals surface area contributed by atoms with Gasteiger partial charge in [0.25, 0.3) is 0 Å². The van der Waals surface area contributed by atoms with E-state index in [-0.39, 0.29) is 0 Å². The minimum absolute atomic E-state index is 0.424. The topological polar surface area (TPSA) is 72.3 Å². The van der Waals surface area contributed by atoms with Crippen molar-refractivity contribution in [3.05, 3.63) is 0 Å². The molecule has 0 aromatic carbocycles. The summed E-state index contributed by atoms with van der Waals surface area (Å²) in [6, 6.07) is -0.503. The second kappa shape index (κ2) is 6.28. The maximum Gasteiger partial charge on any atom is 0.235 e. The largest absolute Gasteiger partial charge is 0.368 e. The van der Waals surface area contributed by atoms with Crippen LogP contribution in [0.2, 0.25) is 0 Å². The molecule has 0 aliphatic rings. The summed E-state index contributed by atoms with van der Waals surface area (Å²) in [5, 5.41) is 0. The molecule has 5 heteroatoms. The Morgan fingerprint density at radius 3 is 2.58 bits per heavy atom. The van der Waals surface area contributed by atoms with Gasteiger partial charge in [0.2, 0.25) is 5.91 Å². The molecule has 0 aromatic heterocycles. The molecule has 0 saturated carbocycles. The van der Waals surface area contributed by atoms with E-state index in [1.165, 1.54) is 0 Å². The minimum Gasteiger partial charge on any atom is -0.368 e. The third-order valence-electron chi connectivity index (χ3n) is 1.35. The predicted octanol–water partition coefficient (Wildman–Crippen LogP) is -0.906. The summed E-state index contributed by atoms with van der Waals surface area (Å²) < 4.78 is 0. The van der Waals surface area contributed by atoms with Crippen molar-refractivity contribution < 1.29 is 4.79 Å². The lowest BCUT2D eigenvalue weighted by Crippen LogP contribution is -2.38. The van der Waals surface area contributed by atoms with E-state index in [1.54, 1.807) is 11.8 Å². The van der Waals surface area contributed by atoms with Crippen molar-refractivity contribution in [2.24, 2.45) is 11.5 Å². The lowest BCUT2D eigenvalue weighted by Gasteiger charge is -2.10. The Kier molecular flexibility index (Phi) is 6.14. The molecular weight excluding hydrogens is 174 g/mol. The molecule has 0 aliphatic heterocycles. The Labute approximate surface area is 77.7 Å². The molecule has 0 radical (unpaired) electrons. The molecule has 0 spiro atoms. The van der Waals surface area contributed by atoms with Crippen molar-refractivity contribution in [2.45, 2.75) is 6.04 Å². The van der Waals surface area contributed by atoms with Crippen LogP contribution in [0, 0.1) is 0 Å². The van der Waals surface area contributed by atoms with Crippen LogP contribution in [0.15, 0.2) is 0 Å². The Morgan fingerprint density at radius 2 is 2.17 bits per heavy atom. The fourth-order valence-electron chi connectivity index (χ4n) is 0.540. The van der Waals surface area contributed by atoms with E-state index in [4.69, 9.17) is 11.5 Å². The highest BCUT2D eigenvalue weighted by atomic mass is 32.2. The van der Waals surface area contributed by atoms with Gasteiger partial charge in [0, 0.05) is 18.1 Å². The van der Waals surface area contributed by atoms with Crippen molar-refractivity contribution in [1.82, 2.24) is 4.90 Å². The van der Waals surface area contributed by atoms with Gasteiger partial charge in [-0.25, -0.2) is 0 Å². The highest BCUT2D eigenvalue weighted by Crippen LogP contribution is 2.00. The molecule has 0 rings (SSSR count). The lowest BCUT2D eigenvalue weighted by atomic mass is 10.3. The summed E-state index contributed by atoms with van der Waals surface area (Å²) in [4.78, 5) is 12.6. The fourth-order valence-corrected chi connectivity index (χ4v) is 1.62. The summed E-state index contributed by atoms with van der Waals surface area (Å²) in [6.07, 6.45) is 0. The van der Waals surface area contributed by atoms with E-state index in [1.807, 2.05) is 14.1 Å². The monoisotopic (exact) mass is 191 g/mol. The molecule has 0 fully saturated rings. The number of rotatable bonds is 6. The van der Waals surface area contributed by atoms with E-state index in [2.05, 4.69) is 4.90 Å². The molecular formula is C7H17N3OS. The average molecular weight is 191 g/mol. The van der Waals surface area contributed by atoms with E-state index in [0.29, 0.717) is 5.75 Å². The van der Waals surface area contributed by atoms with Crippen LogP contribution in [0.1, 0.15) is 0 Å². The molecule has 0 aromatic rings. The number of amides is 1. The lowest BCUT2D eigenvalue weighted by molar-refractivity contribution is -0.118. The molecule has 0 heterocycles. The summed E-state index contributed by atoms with van der Waals surface area (Å²) in [5.74, 6) is 1.17. The quantitative estimate of drug-likeness (QED) is 0.533.